The second-order valence-electron chi connectivity index (χ2n) is 8.86. The molecular weight excluding hydrogens is 742 g/mol. The van der Waals surface area contributed by atoms with E-state index in [4.69, 9.17) is 92.2 Å². The van der Waals surface area contributed by atoms with E-state index in [1.807, 2.05) is 0 Å². The molecule has 4 atom stereocenters. The zero-order valence-electron chi connectivity index (χ0n) is 27.9. The maximum atomic E-state index is 11.0. The molecule has 0 amide bonds. The van der Waals surface area contributed by atoms with Crippen LogP contribution in [0, 0.1) is 0 Å². The van der Waals surface area contributed by atoms with Gasteiger partial charge in [0.1, 0.15) is 12.1 Å². The number of aliphatic hydroxyl groups excluding tert-OH is 3. The molecule has 1 heterocycles. The highest BCUT2D eigenvalue weighted by molar-refractivity contribution is 7.80. The lowest BCUT2D eigenvalue weighted by Gasteiger charge is -2.20. The molecule has 0 aromatic heterocycles. The number of cyclic esters (lactones) is 1. The Balaban J connectivity index is -0.000000131. The zero-order valence-corrected chi connectivity index (χ0v) is 28.8. The topological polar surface area (TPSA) is 493 Å². The lowest BCUT2D eigenvalue weighted by molar-refractivity contribution is -0.170. The molecule has 0 aliphatic carbocycles. The van der Waals surface area contributed by atoms with Gasteiger partial charge in [0.2, 0.25) is 5.76 Å². The van der Waals surface area contributed by atoms with Crippen LogP contribution in [0.1, 0.15) is 40.5 Å². The first-order valence-corrected chi connectivity index (χ1v) is 13.9. The fraction of sp³-hybridized carbons (Fsp3) is 0.560. The Hall–Kier alpha value is -5.32. The van der Waals surface area contributed by atoms with Crippen LogP contribution in [0.3, 0.4) is 0 Å². The summed E-state index contributed by atoms with van der Waals surface area (Å²) >= 11 is 3.65. The van der Waals surface area contributed by atoms with Crippen molar-refractivity contribution in [3.05, 3.63) is 11.5 Å². The maximum absolute atomic E-state index is 11.0. The first-order valence-electron chi connectivity index (χ1n) is 13.2. The number of hydrogen-bond donors (Lipinski definition) is 16. The number of nitrogens with two attached hydrogens (primary N) is 3. The van der Waals surface area contributed by atoms with E-state index >= 15 is 0 Å². The summed E-state index contributed by atoms with van der Waals surface area (Å²) in [4.78, 5) is 87.3. The van der Waals surface area contributed by atoms with Gasteiger partial charge in [-0.3, -0.25) is 39.3 Å². The molecule has 0 fully saturated rings. The van der Waals surface area contributed by atoms with E-state index in [1.54, 1.807) is 0 Å². The molecule has 304 valence electrons. The normalized spacial score (nSPS) is 13.9. The fourth-order valence-corrected chi connectivity index (χ4v) is 2.09. The molecule has 1 unspecified atom stereocenters. The highest BCUT2D eigenvalue weighted by Crippen LogP contribution is 2.25. The molecule has 52 heavy (non-hydrogen) atoms. The third-order valence-corrected chi connectivity index (χ3v) is 4.16. The van der Waals surface area contributed by atoms with Gasteiger partial charge in [-0.2, -0.15) is 12.6 Å². The van der Waals surface area contributed by atoms with Gasteiger partial charge >= 0.3 is 29.8 Å². The van der Waals surface area contributed by atoms with E-state index in [2.05, 4.69) is 17.4 Å². The summed E-state index contributed by atoms with van der Waals surface area (Å²) in [6, 6.07) is -0.816. The third kappa shape index (κ3) is 42.7. The van der Waals surface area contributed by atoms with Crippen molar-refractivity contribution in [3.8, 4) is 0 Å². The van der Waals surface area contributed by atoms with Crippen molar-refractivity contribution in [2.45, 2.75) is 70.6 Å². The summed E-state index contributed by atoms with van der Waals surface area (Å²) in [7, 11) is 0. The Morgan fingerprint density at radius 2 is 1.13 bits per heavy atom. The second kappa shape index (κ2) is 32.9. The highest BCUT2D eigenvalue weighted by atomic mass is 32.1. The molecule has 0 saturated carbocycles. The number of aliphatic hydroxyl groups is 4. The molecule has 0 aromatic rings. The van der Waals surface area contributed by atoms with E-state index in [0.717, 1.165) is 27.7 Å². The lowest BCUT2D eigenvalue weighted by Crippen LogP contribution is -2.42. The molecule has 0 spiro atoms. The summed E-state index contributed by atoms with van der Waals surface area (Å²) in [6.07, 6.45) is -5.90. The number of carbonyl (C=O) groups excluding carboxylic acids is 1. The lowest BCUT2D eigenvalue weighted by atomic mass is 9.96. The standard InChI is InChI=1S/C8H14N2O6.C6H8O7.C3H7NO2S.4C2H4O2/c9-1-4(10)15-7-5(13)8(14)16-6(7)3(12)2-11;7-3(8)1-6(13,5(11)12)2-4(9)10;4-2(1-7)3(5)6;4*1-2(3)4/h3-4,6,11-13H,1-2,9-10H2;13H,1-2H2,(H,7,8)(H,9,10)(H,11,12);2,7H,1,4H2,(H,5,6);4*1H3,(H,3,4)/t3-,4?,6+;;2-;;;;/m0.0..../s1. The summed E-state index contributed by atoms with van der Waals surface area (Å²) in [5, 5.41) is 98.8. The first-order chi connectivity index (χ1) is 23.4. The average Bonchev–Trinajstić information content (AvgIpc) is 3.23. The van der Waals surface area contributed by atoms with Gasteiger partial charge in [0, 0.05) is 40.0 Å². The van der Waals surface area contributed by atoms with Gasteiger partial charge in [0.05, 0.1) is 19.4 Å². The fourth-order valence-electron chi connectivity index (χ4n) is 1.94. The number of hydrogen-bond acceptors (Lipinski definition) is 19. The number of carbonyl (C=O) groups is 9. The van der Waals surface area contributed by atoms with Crippen LogP contribution in [0.15, 0.2) is 11.5 Å². The van der Waals surface area contributed by atoms with Gasteiger partial charge < -0.3 is 82.2 Å². The predicted octanol–water partition coefficient (Wildman–Crippen LogP) is -4.26. The molecule has 0 bridgehead atoms. The Morgan fingerprint density at radius 1 is 0.808 bits per heavy atom. The Morgan fingerprint density at radius 3 is 1.33 bits per heavy atom. The summed E-state index contributed by atoms with van der Waals surface area (Å²) in [5.74, 6) is -11.3. The van der Waals surface area contributed by atoms with E-state index in [1.165, 1.54) is 0 Å². The van der Waals surface area contributed by atoms with Gasteiger partial charge in [-0.1, -0.05) is 0 Å². The minimum atomic E-state index is -2.74. The van der Waals surface area contributed by atoms with Crippen LogP contribution in [0.5, 0.6) is 0 Å². The molecule has 0 radical (unpaired) electrons. The molecule has 0 aromatic carbocycles. The van der Waals surface area contributed by atoms with Crippen LogP contribution in [-0.4, -0.2) is 164 Å². The van der Waals surface area contributed by atoms with Crippen LogP contribution in [0.25, 0.3) is 0 Å². The minimum Gasteiger partial charge on any atom is -0.499 e. The van der Waals surface area contributed by atoms with Gasteiger partial charge in [-0.05, 0) is 0 Å². The van der Waals surface area contributed by atoms with Gasteiger partial charge in [-0.25, -0.2) is 9.59 Å². The molecule has 1 aliphatic rings. The van der Waals surface area contributed by atoms with Crippen molar-refractivity contribution in [1.82, 2.24) is 0 Å². The van der Waals surface area contributed by atoms with Gasteiger partial charge in [-0.15, -0.1) is 0 Å². The van der Waals surface area contributed by atoms with Crippen LogP contribution < -0.4 is 17.2 Å². The van der Waals surface area contributed by atoms with Crippen LogP contribution in [0.2, 0.25) is 0 Å². The first kappa shape index (κ1) is 58.9. The number of carboxylic acid groups (broad SMARTS) is 8. The van der Waals surface area contributed by atoms with Crippen LogP contribution in [-0.2, 0) is 52.6 Å². The van der Waals surface area contributed by atoms with Crippen molar-refractivity contribution in [1.29, 1.82) is 0 Å². The molecule has 1 rings (SSSR count). The largest absolute Gasteiger partial charge is 0.499 e. The average molecular weight is 788 g/mol. The minimum absolute atomic E-state index is 0.0487. The van der Waals surface area contributed by atoms with E-state index in [9.17, 15) is 34.2 Å². The molecule has 0 saturated heterocycles. The van der Waals surface area contributed by atoms with Crippen molar-refractivity contribution in [2.75, 3.05) is 18.9 Å². The zero-order chi connectivity index (χ0) is 43.1. The third-order valence-electron chi connectivity index (χ3n) is 3.77. The quantitative estimate of drug-likeness (QED) is 0.0506. The SMILES string of the molecule is CC(=O)O.CC(=O)O.CC(=O)O.CC(=O)O.NCC(N)OC1=C(O)C(=O)O[C@@H]1[C@@H](O)CO.N[C@@H](CS)C(=O)O.O=C(O)CC(O)(CC(=O)O)C(=O)O. The number of rotatable bonds is 12. The number of thiol groups is 1. The van der Waals surface area contributed by atoms with Crippen molar-refractivity contribution in [2.24, 2.45) is 17.2 Å². The summed E-state index contributed by atoms with van der Waals surface area (Å²) in [6.45, 7) is 3.63. The van der Waals surface area contributed by atoms with E-state index < -0.39 is 109 Å². The van der Waals surface area contributed by atoms with Crippen molar-refractivity contribution in [3.63, 3.8) is 0 Å². The number of aliphatic carboxylic acids is 8. The van der Waals surface area contributed by atoms with Crippen molar-refractivity contribution < 1.29 is 114 Å². The number of carboxylic acids is 8. The van der Waals surface area contributed by atoms with Gasteiger partial charge in [0.25, 0.3) is 23.9 Å². The van der Waals surface area contributed by atoms with E-state index in [-0.39, 0.29) is 18.1 Å². The molecule has 26 nitrogen and oxygen atoms in total. The second-order valence-corrected chi connectivity index (χ2v) is 9.23. The Kier molecular flexibility index (Phi) is 37.2. The summed E-state index contributed by atoms with van der Waals surface area (Å²) < 4.78 is 9.53. The maximum Gasteiger partial charge on any atom is 0.378 e. The van der Waals surface area contributed by atoms with Crippen LogP contribution in [0.4, 0.5) is 0 Å². The van der Waals surface area contributed by atoms with Gasteiger partial charge in [0.15, 0.2) is 23.7 Å². The molecular formula is C25H45N3O23S. The number of ether oxygens (including phenoxy) is 2. The number of esters is 1. The monoisotopic (exact) mass is 787 g/mol. The molecule has 18 N–H and O–H groups in total. The summed E-state index contributed by atoms with van der Waals surface area (Å²) in [5.41, 5.74) is 12.8. The Bertz CT molecular complexity index is 1110. The predicted molar refractivity (Wildman–Crippen MR) is 171 cm³/mol. The van der Waals surface area contributed by atoms with Crippen LogP contribution >= 0.6 is 12.6 Å². The van der Waals surface area contributed by atoms with Crippen molar-refractivity contribution >= 4 is 66.4 Å². The highest BCUT2D eigenvalue weighted by Gasteiger charge is 2.42. The smallest absolute Gasteiger partial charge is 0.378 e. The Labute approximate surface area is 298 Å². The van der Waals surface area contributed by atoms with E-state index in [0.29, 0.717) is 0 Å². The molecule has 27 heteroatoms. The molecule has 1 aliphatic heterocycles.